The third-order valence-electron chi connectivity index (χ3n) is 2.45. The molecule has 1 heterocycles. The summed E-state index contributed by atoms with van der Waals surface area (Å²) in [6.07, 6.45) is 0. The second-order valence-corrected chi connectivity index (χ2v) is 5.49. The first-order chi connectivity index (χ1) is 7.85. The van der Waals surface area contributed by atoms with E-state index in [1.54, 1.807) is 20.7 Å². The largest absolute Gasteiger partial charge is 0.388 e. The van der Waals surface area contributed by atoms with Gasteiger partial charge in [-0.2, -0.15) is 0 Å². The van der Waals surface area contributed by atoms with E-state index in [9.17, 15) is 0 Å². The molecule has 0 amide bonds. The van der Waals surface area contributed by atoms with Crippen LogP contribution >= 0.6 is 20.7 Å². The molecule has 2 nitrogen and oxygen atoms in total. The molecule has 0 fully saturated rings. The maximum absolute atomic E-state index is 4.69. The summed E-state index contributed by atoms with van der Waals surface area (Å²) < 4.78 is 2.29. The van der Waals surface area contributed by atoms with Gasteiger partial charge in [-0.05, 0) is 41.3 Å². The molecule has 2 aromatic rings. The molecule has 0 aliphatic rings. The molecule has 0 aliphatic carbocycles. The van der Waals surface area contributed by atoms with Gasteiger partial charge in [0.15, 0.2) is 0 Å². The highest BCUT2D eigenvalue weighted by Gasteiger charge is 2.11. The predicted molar refractivity (Wildman–Crippen MR) is 71.8 cm³/mol. The standard InChI is InChI=1S/C12H15N2S2/c1-3-14(4-2)12-13-11(15-16-12)10-8-6-5-7-9-10/h5-9H,3-4H2,1-2H3/q+1. The van der Waals surface area contributed by atoms with Crippen LogP contribution in [0.3, 0.4) is 0 Å². The minimum atomic E-state index is 1.02. The number of hydrogen-bond donors (Lipinski definition) is 0. The summed E-state index contributed by atoms with van der Waals surface area (Å²) in [7, 11) is 3.51. The lowest BCUT2D eigenvalue weighted by molar-refractivity contribution is 0.623. The molecule has 16 heavy (non-hydrogen) atoms. The van der Waals surface area contributed by atoms with Gasteiger partial charge in [0.2, 0.25) is 5.01 Å². The van der Waals surface area contributed by atoms with Crippen molar-refractivity contribution >= 4 is 20.7 Å². The zero-order valence-electron chi connectivity index (χ0n) is 9.51. The van der Waals surface area contributed by atoms with Gasteiger partial charge in [0.1, 0.15) is 0 Å². The first kappa shape index (κ1) is 11.5. The van der Waals surface area contributed by atoms with Crippen molar-refractivity contribution in [1.29, 1.82) is 0 Å². The van der Waals surface area contributed by atoms with Gasteiger partial charge in [-0.15, -0.1) is 0 Å². The van der Waals surface area contributed by atoms with E-state index in [4.69, 9.17) is 0 Å². The molecular weight excluding hydrogens is 236 g/mol. The van der Waals surface area contributed by atoms with E-state index in [1.807, 2.05) is 6.07 Å². The van der Waals surface area contributed by atoms with E-state index in [2.05, 4.69) is 47.7 Å². The number of hydrogen-bond acceptors (Lipinski definition) is 3. The lowest BCUT2D eigenvalue weighted by atomic mass is 10.2. The number of benzene rings is 1. The Balaban J connectivity index is 2.44. The minimum absolute atomic E-state index is 1.02. The first-order valence-electron chi connectivity index (χ1n) is 5.45. The molecule has 0 bridgehead atoms. The van der Waals surface area contributed by atoms with E-state index in [-0.39, 0.29) is 0 Å². The van der Waals surface area contributed by atoms with Gasteiger partial charge in [-0.3, -0.25) is 0 Å². The number of nitrogens with zero attached hydrogens (tertiary/aromatic N) is 2. The molecule has 1 aromatic heterocycles. The van der Waals surface area contributed by atoms with Crippen molar-refractivity contribution in [3.63, 3.8) is 0 Å². The Morgan fingerprint density at radius 3 is 2.38 bits per heavy atom. The predicted octanol–water partition coefficient (Wildman–Crippen LogP) is 2.68. The van der Waals surface area contributed by atoms with E-state index >= 15 is 0 Å². The minimum Gasteiger partial charge on any atom is -0.249 e. The third-order valence-corrected chi connectivity index (χ3v) is 4.68. The zero-order chi connectivity index (χ0) is 11.4. The molecule has 0 atom stereocenters. The Labute approximate surface area is 103 Å². The van der Waals surface area contributed by atoms with Crippen LogP contribution in [-0.2, 0) is 0 Å². The van der Waals surface area contributed by atoms with Crippen molar-refractivity contribution < 1.29 is 0 Å². The third kappa shape index (κ3) is 2.39. The average Bonchev–Trinajstić information content (AvgIpc) is 2.81. The molecule has 0 saturated carbocycles. The summed E-state index contributed by atoms with van der Waals surface area (Å²) in [5.41, 5.74) is 1.21. The van der Waals surface area contributed by atoms with Crippen LogP contribution in [0.1, 0.15) is 13.8 Å². The summed E-state index contributed by atoms with van der Waals surface area (Å²) in [6.45, 7) is 6.37. The van der Waals surface area contributed by atoms with Crippen molar-refractivity contribution in [3.05, 3.63) is 35.1 Å². The van der Waals surface area contributed by atoms with Gasteiger partial charge < -0.3 is 0 Å². The van der Waals surface area contributed by atoms with Crippen LogP contribution in [0, 0.1) is 0 Å². The molecule has 0 unspecified atom stereocenters. The Kier molecular flexibility index (Phi) is 3.85. The summed E-state index contributed by atoms with van der Waals surface area (Å²) in [5, 5.41) is 1.12. The summed E-state index contributed by atoms with van der Waals surface area (Å²) in [4.78, 5) is 5.82. The first-order valence-corrected chi connectivity index (χ1v) is 7.60. The van der Waals surface area contributed by atoms with Crippen LogP contribution in [0.4, 0.5) is 0 Å². The molecular formula is C12H15N2S2+. The van der Waals surface area contributed by atoms with Gasteiger partial charge in [0, 0.05) is 15.9 Å². The molecule has 0 saturated heterocycles. The molecule has 0 aliphatic heterocycles. The van der Waals surface area contributed by atoms with Gasteiger partial charge in [0.05, 0.1) is 13.1 Å². The Bertz CT molecular complexity index is 505. The molecule has 0 N–H and O–H groups in total. The molecule has 84 valence electrons. The lowest BCUT2D eigenvalue weighted by Gasteiger charge is -1.93. The van der Waals surface area contributed by atoms with Crippen LogP contribution in [0.2, 0.25) is 0 Å². The van der Waals surface area contributed by atoms with E-state index < -0.39 is 0 Å². The topological polar surface area (TPSA) is 15.9 Å². The Morgan fingerprint density at radius 1 is 1.06 bits per heavy atom. The van der Waals surface area contributed by atoms with Crippen LogP contribution in [-0.4, -0.2) is 18.1 Å². The van der Waals surface area contributed by atoms with Gasteiger partial charge in [-0.25, -0.2) is 4.58 Å². The van der Waals surface area contributed by atoms with Crippen LogP contribution in [0.5, 0.6) is 0 Å². The Morgan fingerprint density at radius 2 is 1.75 bits per heavy atom. The molecule has 2 rings (SSSR count). The van der Waals surface area contributed by atoms with Crippen LogP contribution in [0.25, 0.3) is 10.6 Å². The van der Waals surface area contributed by atoms with Gasteiger partial charge in [0.25, 0.3) is 0 Å². The van der Waals surface area contributed by atoms with Crippen LogP contribution < -0.4 is 9.38 Å². The summed E-state index contributed by atoms with van der Waals surface area (Å²) in [5.74, 6) is 0. The molecule has 0 radical (unpaired) electrons. The van der Waals surface area contributed by atoms with Crippen molar-refractivity contribution in [1.82, 2.24) is 9.56 Å². The molecule has 0 spiro atoms. The fourth-order valence-electron chi connectivity index (χ4n) is 1.51. The van der Waals surface area contributed by atoms with Gasteiger partial charge in [-0.1, -0.05) is 18.2 Å². The van der Waals surface area contributed by atoms with Crippen molar-refractivity contribution in [3.8, 4) is 10.6 Å². The quantitative estimate of drug-likeness (QED) is 0.605. The summed E-state index contributed by atoms with van der Waals surface area (Å²) in [6, 6.07) is 10.4. The smallest absolute Gasteiger partial charge is 0.249 e. The van der Waals surface area contributed by atoms with E-state index in [0.29, 0.717) is 0 Å². The second-order valence-electron chi connectivity index (χ2n) is 3.40. The monoisotopic (exact) mass is 251 g/mol. The van der Waals surface area contributed by atoms with Crippen molar-refractivity contribution in [2.24, 2.45) is 0 Å². The lowest BCUT2D eigenvalue weighted by Crippen LogP contribution is -2.28. The Hall–Kier alpha value is -1.00. The normalized spacial score (nSPS) is 10.4. The van der Waals surface area contributed by atoms with Gasteiger partial charge >= 0.3 is 4.80 Å². The van der Waals surface area contributed by atoms with Crippen molar-refractivity contribution in [2.75, 3.05) is 13.1 Å². The van der Waals surface area contributed by atoms with Crippen molar-refractivity contribution in [2.45, 2.75) is 13.8 Å². The SMILES string of the molecule is CC[N+](CC)=c1nc(-c2ccccc2)ss1. The highest BCUT2D eigenvalue weighted by molar-refractivity contribution is 7.69. The summed E-state index contributed by atoms with van der Waals surface area (Å²) >= 11 is 0. The number of aromatic nitrogens is 1. The maximum atomic E-state index is 4.69. The molecule has 1 aromatic carbocycles. The van der Waals surface area contributed by atoms with Crippen LogP contribution in [0.15, 0.2) is 30.3 Å². The highest BCUT2D eigenvalue weighted by Crippen LogP contribution is 2.21. The van der Waals surface area contributed by atoms with E-state index in [1.165, 1.54) is 5.56 Å². The van der Waals surface area contributed by atoms with E-state index in [0.717, 1.165) is 22.9 Å². The second kappa shape index (κ2) is 5.37. The number of rotatable bonds is 3. The maximum Gasteiger partial charge on any atom is 0.388 e. The zero-order valence-corrected chi connectivity index (χ0v) is 11.1. The fraction of sp³-hybridized carbons (Fsp3) is 0.333. The fourth-order valence-corrected chi connectivity index (χ4v) is 3.86. The highest BCUT2D eigenvalue weighted by atomic mass is 32.9. The molecule has 4 heteroatoms. The average molecular weight is 251 g/mol.